The lowest BCUT2D eigenvalue weighted by Crippen LogP contribution is -2.60. The number of hydrogen-bond donors (Lipinski definition) is 8. The Kier molecular flexibility index (Phi) is 32.0. The minimum absolute atomic E-state index is 0.0394. The number of aliphatic hydroxyl groups excluding tert-OH is 6. The van der Waals surface area contributed by atoms with Crippen molar-refractivity contribution in [1.82, 2.24) is 25.6 Å². The normalized spacial score (nSPS) is 23.2. The van der Waals surface area contributed by atoms with Crippen molar-refractivity contribution in [2.45, 2.75) is 190 Å². The predicted octanol–water partition coefficient (Wildman–Crippen LogP) is 3.57. The lowest BCUT2D eigenvalue weighted by molar-refractivity contribution is -0.295. The third-order valence-electron chi connectivity index (χ3n) is 11.5. The molecule has 0 aromatic carbocycles. The molecule has 3 heterocycles. The van der Waals surface area contributed by atoms with Gasteiger partial charge in [0.1, 0.15) is 60.1 Å². The predicted molar refractivity (Wildman–Crippen MR) is 248 cm³/mol. The van der Waals surface area contributed by atoms with Crippen molar-refractivity contribution in [3.05, 3.63) is 23.7 Å². The molecule has 0 spiro atoms. The number of nitrogens with zero attached hydrogens (tertiary/aromatic N) is 3. The zero-order valence-corrected chi connectivity index (χ0v) is 40.2. The smallest absolute Gasteiger partial charge is 0.246 e. The van der Waals surface area contributed by atoms with Crippen molar-refractivity contribution < 1.29 is 68.6 Å². The molecule has 0 bridgehead atoms. The van der Waals surface area contributed by atoms with Crippen molar-refractivity contribution in [3.8, 4) is 0 Å². The van der Waals surface area contributed by atoms with E-state index in [1.165, 1.54) is 103 Å². The second-order valence-corrected chi connectivity index (χ2v) is 18.3. The second kappa shape index (κ2) is 36.5. The highest BCUT2D eigenvalue weighted by atomic mass is 32.2. The molecule has 8 N–H and O–H groups in total. The number of thioether (sulfide) groups is 1. The first-order valence-corrected chi connectivity index (χ1v) is 25.6. The molecule has 2 aliphatic rings. The minimum atomic E-state index is -1.54. The lowest BCUT2D eigenvalue weighted by Gasteiger charge is -2.44. The van der Waals surface area contributed by atoms with E-state index < -0.39 is 61.6 Å². The molecule has 19 nitrogen and oxygen atoms in total. The zero-order chi connectivity index (χ0) is 47.6. The summed E-state index contributed by atoms with van der Waals surface area (Å²) >= 11 is 1.11. The van der Waals surface area contributed by atoms with E-state index in [4.69, 9.17) is 28.4 Å². The highest BCUT2D eigenvalue weighted by Gasteiger charge is 2.47. The molecule has 2 amide bonds. The number of carbonyl (C=O) groups is 2. The summed E-state index contributed by atoms with van der Waals surface area (Å²) in [7, 11) is 0. The second-order valence-electron chi connectivity index (χ2n) is 17.1. The van der Waals surface area contributed by atoms with Gasteiger partial charge in [0.25, 0.3) is 0 Å². The average Bonchev–Trinajstić information content (AvgIpc) is 3.77. The number of carbonyl (C=O) groups excluding carboxylic acids is 2. The first-order chi connectivity index (χ1) is 32.2. The third-order valence-corrected chi connectivity index (χ3v) is 12.6. The molecule has 0 aliphatic carbocycles. The van der Waals surface area contributed by atoms with Gasteiger partial charge in [0.05, 0.1) is 65.5 Å². The molecule has 1 aromatic heterocycles. The Morgan fingerprint density at radius 3 is 1.94 bits per heavy atom. The Balaban J connectivity index is 1.07. The van der Waals surface area contributed by atoms with E-state index in [2.05, 4.69) is 27.9 Å². The number of rotatable bonds is 40. The van der Waals surface area contributed by atoms with Crippen LogP contribution in [0.4, 0.5) is 0 Å². The molecular weight excluding hydrogens is 879 g/mol. The van der Waals surface area contributed by atoms with Crippen LogP contribution < -0.4 is 10.6 Å². The summed E-state index contributed by atoms with van der Waals surface area (Å²) in [6, 6.07) is 0. The van der Waals surface area contributed by atoms with E-state index in [0.29, 0.717) is 50.8 Å². The van der Waals surface area contributed by atoms with Crippen molar-refractivity contribution in [2.75, 3.05) is 65.2 Å². The molecule has 3 rings (SSSR count). The molecule has 2 aliphatic heterocycles. The monoisotopic (exact) mass is 962 g/mol. The van der Waals surface area contributed by atoms with Crippen LogP contribution in [-0.2, 0) is 51.1 Å². The van der Waals surface area contributed by atoms with Crippen LogP contribution in [0.2, 0.25) is 0 Å². The maximum Gasteiger partial charge on any atom is 0.246 e. The van der Waals surface area contributed by atoms with Gasteiger partial charge in [0.15, 0.2) is 6.29 Å². The first kappa shape index (κ1) is 57.8. The molecule has 382 valence electrons. The van der Waals surface area contributed by atoms with Gasteiger partial charge in [-0.05, 0) is 12.5 Å². The number of nitrogens with one attached hydrogen (secondary N) is 2. The van der Waals surface area contributed by atoms with E-state index in [9.17, 15) is 40.2 Å². The van der Waals surface area contributed by atoms with Gasteiger partial charge < -0.3 is 69.7 Å². The SMILES string of the molecule is CCCCCCCCCCCCCCCCCCCCC(=O)NCc1cn(CCOCCOCCOCC(=O)NCCS[C@@H]2OC(CO)C(O[C@@H]3OC(CO)C(O)=CC3O)C(O)C2O)nn1. The Labute approximate surface area is 396 Å². The number of hydrogen-bond acceptors (Lipinski definition) is 17. The highest BCUT2D eigenvalue weighted by molar-refractivity contribution is 7.99. The van der Waals surface area contributed by atoms with Gasteiger partial charge in [-0.1, -0.05) is 121 Å². The number of unbranched alkanes of at least 4 members (excludes halogenated alkanes) is 17. The molecule has 1 fully saturated rings. The van der Waals surface area contributed by atoms with Crippen molar-refractivity contribution >= 4 is 23.6 Å². The van der Waals surface area contributed by atoms with Gasteiger partial charge in [-0.15, -0.1) is 16.9 Å². The van der Waals surface area contributed by atoms with Crippen molar-refractivity contribution in [3.63, 3.8) is 0 Å². The maximum absolute atomic E-state index is 12.3. The van der Waals surface area contributed by atoms with Crippen LogP contribution in [0.1, 0.15) is 135 Å². The van der Waals surface area contributed by atoms with Crippen LogP contribution in [0.25, 0.3) is 0 Å². The molecule has 6 unspecified atom stereocenters. The summed E-state index contributed by atoms with van der Waals surface area (Å²) in [5, 5.41) is 74.5. The molecule has 0 saturated carbocycles. The standard InChI is InChI=1S/C46H83N5O14S/c1-2-3-4-5-6-7-8-9-10-11-12-13-14-15-16-17-18-19-20-40(56)48-30-35-31-51(50-49-35)22-23-60-24-25-61-26-27-62-34-41(57)47-21-28-66-46-43(59)42(58)44(39(33-53)64-46)65-45-37(55)29-36(54)38(32-52)63-45/h29,31,37-39,42-46,52-55,58-59H,2-28,30,32-34H2,1H3,(H,47,57)(H,48,56)/t37?,38?,39?,42?,43?,44?,45-,46-/m0/s1. The van der Waals surface area contributed by atoms with Crippen LogP contribution in [0.15, 0.2) is 18.0 Å². The topological polar surface area (TPSA) is 266 Å². The lowest BCUT2D eigenvalue weighted by atomic mass is 10.00. The van der Waals surface area contributed by atoms with E-state index in [-0.39, 0.29) is 43.9 Å². The van der Waals surface area contributed by atoms with Crippen LogP contribution >= 0.6 is 11.8 Å². The summed E-state index contributed by atoms with van der Waals surface area (Å²) < 4.78 is 34.8. The average molecular weight is 962 g/mol. The first-order valence-electron chi connectivity index (χ1n) is 24.6. The van der Waals surface area contributed by atoms with Gasteiger partial charge >= 0.3 is 0 Å². The van der Waals surface area contributed by atoms with Crippen LogP contribution in [0.5, 0.6) is 0 Å². The van der Waals surface area contributed by atoms with Crippen LogP contribution in [0, 0.1) is 0 Å². The van der Waals surface area contributed by atoms with Crippen LogP contribution in [-0.4, -0.2) is 171 Å². The molecule has 1 saturated heterocycles. The molecule has 20 heteroatoms. The van der Waals surface area contributed by atoms with E-state index in [1.54, 1.807) is 10.9 Å². The number of ether oxygens (including phenoxy) is 6. The summed E-state index contributed by atoms with van der Waals surface area (Å²) in [6.45, 7) is 3.57. The molecule has 8 atom stereocenters. The fraction of sp³-hybridized carbons (Fsp3) is 0.870. The Morgan fingerprint density at radius 2 is 1.33 bits per heavy atom. The zero-order valence-electron chi connectivity index (χ0n) is 39.4. The highest BCUT2D eigenvalue weighted by Crippen LogP contribution is 2.32. The fourth-order valence-corrected chi connectivity index (χ4v) is 8.64. The maximum atomic E-state index is 12.3. The van der Waals surface area contributed by atoms with E-state index in [1.807, 2.05) is 0 Å². The van der Waals surface area contributed by atoms with Crippen molar-refractivity contribution in [1.29, 1.82) is 0 Å². The van der Waals surface area contributed by atoms with E-state index in [0.717, 1.165) is 30.7 Å². The summed E-state index contributed by atoms with van der Waals surface area (Å²) in [5.74, 6) is -0.391. The number of aliphatic hydroxyl groups is 6. The number of amides is 2. The van der Waals surface area contributed by atoms with Gasteiger partial charge in [0.2, 0.25) is 11.8 Å². The van der Waals surface area contributed by atoms with Crippen LogP contribution in [0.3, 0.4) is 0 Å². The summed E-state index contributed by atoms with van der Waals surface area (Å²) in [6.07, 6.45) is 17.8. The minimum Gasteiger partial charge on any atom is -0.510 e. The van der Waals surface area contributed by atoms with Gasteiger partial charge in [0, 0.05) is 18.7 Å². The largest absolute Gasteiger partial charge is 0.510 e. The Hall–Kier alpha value is -2.47. The molecule has 1 aromatic rings. The van der Waals surface area contributed by atoms with Gasteiger partial charge in [-0.3, -0.25) is 9.59 Å². The van der Waals surface area contributed by atoms with Gasteiger partial charge in [-0.2, -0.15) is 0 Å². The summed E-state index contributed by atoms with van der Waals surface area (Å²) in [5.41, 5.74) is -0.267. The molecule has 0 radical (unpaired) electrons. The molecule has 66 heavy (non-hydrogen) atoms. The Bertz CT molecular complexity index is 1430. The quantitative estimate of drug-likeness (QED) is 0.0437. The van der Waals surface area contributed by atoms with E-state index >= 15 is 0 Å². The van der Waals surface area contributed by atoms with Crippen molar-refractivity contribution in [2.24, 2.45) is 0 Å². The molecular formula is C46H83N5O14S. The fourth-order valence-electron chi connectivity index (χ4n) is 7.61. The third kappa shape index (κ3) is 24.7. The Morgan fingerprint density at radius 1 is 0.742 bits per heavy atom. The summed E-state index contributed by atoms with van der Waals surface area (Å²) in [4.78, 5) is 24.5. The number of aromatic nitrogens is 3. The van der Waals surface area contributed by atoms with Gasteiger partial charge in [-0.25, -0.2) is 4.68 Å².